The number of ether oxygens (including phenoxy) is 1. The van der Waals surface area contributed by atoms with Crippen LogP contribution in [-0.2, 0) is 4.79 Å². The van der Waals surface area contributed by atoms with Crippen LogP contribution in [0.2, 0.25) is 0 Å². The van der Waals surface area contributed by atoms with Gasteiger partial charge in [0.1, 0.15) is 5.75 Å². The SMILES string of the molecule is Cc1ccc(NC(=O)COc2ccccc2/C=N/NC(=O)c2ccc(-c3csc(Nc4ccccc4)n3)cc2)c(C)c1. The van der Waals surface area contributed by atoms with Gasteiger partial charge in [0, 0.05) is 33.4 Å². The second-order valence-corrected chi connectivity index (χ2v) is 10.4. The lowest BCUT2D eigenvalue weighted by Crippen LogP contribution is -2.21. The van der Waals surface area contributed by atoms with E-state index >= 15 is 0 Å². The third-order valence-electron chi connectivity index (χ3n) is 6.28. The normalized spacial score (nSPS) is 10.8. The Balaban J connectivity index is 1.14. The fourth-order valence-corrected chi connectivity index (χ4v) is 4.87. The number of carbonyl (C=O) groups is 2. The van der Waals surface area contributed by atoms with Crippen molar-refractivity contribution in [3.63, 3.8) is 0 Å². The van der Waals surface area contributed by atoms with E-state index in [0.717, 1.165) is 38.9 Å². The lowest BCUT2D eigenvalue weighted by atomic mass is 10.1. The quantitative estimate of drug-likeness (QED) is 0.123. The molecule has 0 aliphatic carbocycles. The third kappa shape index (κ3) is 7.47. The summed E-state index contributed by atoms with van der Waals surface area (Å²) in [5, 5.41) is 13.0. The van der Waals surface area contributed by atoms with Crippen molar-refractivity contribution < 1.29 is 14.3 Å². The van der Waals surface area contributed by atoms with Crippen molar-refractivity contribution in [1.29, 1.82) is 0 Å². The molecule has 42 heavy (non-hydrogen) atoms. The molecule has 1 heterocycles. The molecule has 5 aromatic rings. The van der Waals surface area contributed by atoms with Crippen molar-refractivity contribution >= 4 is 45.9 Å². The molecule has 0 aliphatic heterocycles. The van der Waals surface area contributed by atoms with Crippen molar-refractivity contribution in [3.8, 4) is 17.0 Å². The Hall–Kier alpha value is -5.28. The van der Waals surface area contributed by atoms with Gasteiger partial charge in [-0.3, -0.25) is 9.59 Å². The molecule has 0 saturated carbocycles. The molecule has 8 nitrogen and oxygen atoms in total. The molecule has 0 bridgehead atoms. The van der Waals surface area contributed by atoms with Crippen LogP contribution in [-0.4, -0.2) is 29.6 Å². The molecule has 3 N–H and O–H groups in total. The highest BCUT2D eigenvalue weighted by Gasteiger charge is 2.10. The number of hydrazone groups is 1. The van der Waals surface area contributed by atoms with Crippen LogP contribution in [0.5, 0.6) is 5.75 Å². The Morgan fingerprint density at radius 1 is 0.929 bits per heavy atom. The minimum Gasteiger partial charge on any atom is -0.483 e. The Labute approximate surface area is 248 Å². The van der Waals surface area contributed by atoms with Crippen LogP contribution >= 0.6 is 11.3 Å². The summed E-state index contributed by atoms with van der Waals surface area (Å²) in [6.45, 7) is 3.78. The first-order valence-corrected chi connectivity index (χ1v) is 14.1. The zero-order valence-corrected chi connectivity index (χ0v) is 23.9. The van der Waals surface area contributed by atoms with Gasteiger partial charge in [-0.05, 0) is 61.9 Å². The van der Waals surface area contributed by atoms with Crippen molar-refractivity contribution in [1.82, 2.24) is 10.4 Å². The summed E-state index contributed by atoms with van der Waals surface area (Å²) in [5.74, 6) is -0.152. The molecule has 9 heteroatoms. The van der Waals surface area contributed by atoms with E-state index in [-0.39, 0.29) is 18.4 Å². The highest BCUT2D eigenvalue weighted by Crippen LogP contribution is 2.27. The Kier molecular flexibility index (Phi) is 9.00. The summed E-state index contributed by atoms with van der Waals surface area (Å²) < 4.78 is 5.74. The zero-order chi connectivity index (χ0) is 29.3. The van der Waals surface area contributed by atoms with E-state index in [2.05, 4.69) is 26.1 Å². The maximum atomic E-state index is 12.7. The average molecular weight is 576 g/mol. The predicted octanol–water partition coefficient (Wildman–Crippen LogP) is 6.95. The number of benzene rings is 4. The van der Waals surface area contributed by atoms with Gasteiger partial charge in [-0.15, -0.1) is 11.3 Å². The topological polar surface area (TPSA) is 105 Å². The number of anilines is 3. The number of carbonyl (C=O) groups excluding carboxylic acids is 2. The number of nitrogens with zero attached hydrogens (tertiary/aromatic N) is 2. The van der Waals surface area contributed by atoms with Gasteiger partial charge in [-0.1, -0.05) is 60.2 Å². The Morgan fingerprint density at radius 2 is 1.69 bits per heavy atom. The molecule has 0 fully saturated rings. The molecule has 210 valence electrons. The van der Waals surface area contributed by atoms with Crippen LogP contribution in [0, 0.1) is 13.8 Å². The molecule has 4 aromatic carbocycles. The molecule has 2 amide bonds. The average Bonchev–Trinajstić information content (AvgIpc) is 3.47. The molecular formula is C33H29N5O3S. The summed E-state index contributed by atoms with van der Waals surface area (Å²) in [6, 6.07) is 30.0. The van der Waals surface area contributed by atoms with Gasteiger partial charge in [-0.2, -0.15) is 5.10 Å². The van der Waals surface area contributed by atoms with E-state index in [1.165, 1.54) is 17.6 Å². The fraction of sp³-hybridized carbons (Fsp3) is 0.0909. The predicted molar refractivity (Wildman–Crippen MR) is 169 cm³/mol. The Bertz CT molecular complexity index is 1720. The van der Waals surface area contributed by atoms with Crippen molar-refractivity contribution in [2.45, 2.75) is 13.8 Å². The summed E-state index contributed by atoms with van der Waals surface area (Å²) in [7, 11) is 0. The fourth-order valence-electron chi connectivity index (χ4n) is 4.13. The number of aromatic nitrogens is 1. The summed E-state index contributed by atoms with van der Waals surface area (Å²) >= 11 is 1.51. The molecule has 0 saturated heterocycles. The van der Waals surface area contributed by atoms with Gasteiger partial charge in [0.05, 0.1) is 11.9 Å². The van der Waals surface area contributed by atoms with E-state index in [9.17, 15) is 9.59 Å². The molecule has 0 spiro atoms. The summed E-state index contributed by atoms with van der Waals surface area (Å²) in [4.78, 5) is 29.8. The van der Waals surface area contributed by atoms with Crippen molar-refractivity contribution in [2.24, 2.45) is 5.10 Å². The van der Waals surface area contributed by atoms with Gasteiger partial charge in [0.25, 0.3) is 11.8 Å². The number of amides is 2. The largest absolute Gasteiger partial charge is 0.483 e. The van der Waals surface area contributed by atoms with E-state index in [1.54, 1.807) is 30.3 Å². The highest BCUT2D eigenvalue weighted by molar-refractivity contribution is 7.14. The second-order valence-electron chi connectivity index (χ2n) is 9.50. The van der Waals surface area contributed by atoms with Gasteiger partial charge in [0.2, 0.25) is 0 Å². The number of para-hydroxylation sites is 2. The maximum Gasteiger partial charge on any atom is 0.271 e. The highest BCUT2D eigenvalue weighted by atomic mass is 32.1. The Morgan fingerprint density at radius 3 is 2.48 bits per heavy atom. The van der Waals surface area contributed by atoms with Crippen molar-refractivity contribution in [3.05, 3.63) is 125 Å². The summed E-state index contributed by atoms with van der Waals surface area (Å²) in [5.41, 5.74) is 9.18. The third-order valence-corrected chi connectivity index (χ3v) is 7.03. The number of nitrogens with one attached hydrogen (secondary N) is 3. The summed E-state index contributed by atoms with van der Waals surface area (Å²) in [6.07, 6.45) is 1.49. The molecule has 5 rings (SSSR count). The zero-order valence-electron chi connectivity index (χ0n) is 23.1. The van der Waals surface area contributed by atoms with Crippen LogP contribution in [0.3, 0.4) is 0 Å². The van der Waals surface area contributed by atoms with Crippen molar-refractivity contribution in [2.75, 3.05) is 17.2 Å². The number of aryl methyl sites for hydroxylation is 2. The smallest absolute Gasteiger partial charge is 0.271 e. The number of hydrogen-bond acceptors (Lipinski definition) is 7. The lowest BCUT2D eigenvalue weighted by molar-refractivity contribution is -0.118. The number of rotatable bonds is 10. The first kappa shape index (κ1) is 28.3. The van der Waals surface area contributed by atoms with Gasteiger partial charge in [0.15, 0.2) is 11.7 Å². The van der Waals surface area contributed by atoms with Crippen LogP contribution in [0.1, 0.15) is 27.0 Å². The monoisotopic (exact) mass is 575 g/mol. The van der Waals surface area contributed by atoms with E-state index in [4.69, 9.17) is 4.74 Å². The van der Waals surface area contributed by atoms with E-state index < -0.39 is 0 Å². The van der Waals surface area contributed by atoms with Crippen LogP contribution < -0.4 is 20.8 Å². The molecule has 0 atom stereocenters. The molecule has 0 radical (unpaired) electrons. The number of hydrogen-bond donors (Lipinski definition) is 3. The molecule has 1 aromatic heterocycles. The first-order chi connectivity index (χ1) is 20.4. The second kappa shape index (κ2) is 13.4. The van der Waals surface area contributed by atoms with Gasteiger partial charge in [-0.25, -0.2) is 10.4 Å². The minimum atomic E-state index is -0.353. The first-order valence-electron chi connectivity index (χ1n) is 13.2. The van der Waals surface area contributed by atoms with Crippen LogP contribution in [0.15, 0.2) is 108 Å². The van der Waals surface area contributed by atoms with Crippen LogP contribution in [0.25, 0.3) is 11.3 Å². The minimum absolute atomic E-state index is 0.167. The maximum absolute atomic E-state index is 12.7. The lowest BCUT2D eigenvalue weighted by Gasteiger charge is -2.11. The van der Waals surface area contributed by atoms with Crippen LogP contribution in [0.4, 0.5) is 16.5 Å². The van der Waals surface area contributed by atoms with E-state index in [1.807, 2.05) is 86.0 Å². The standard InChI is InChI=1S/C33H29N5O3S/c1-22-12-17-28(23(2)18-22)36-31(39)20-41-30-11-7-6-8-26(30)19-34-38-32(40)25-15-13-24(14-16-25)29-21-42-33(37-29)35-27-9-4-3-5-10-27/h3-19,21H,20H2,1-2H3,(H,35,37)(H,36,39)(H,38,40)/b34-19+. The molecular weight excluding hydrogens is 546 g/mol. The van der Waals surface area contributed by atoms with E-state index in [0.29, 0.717) is 16.9 Å². The number of thiazole rings is 1. The van der Waals surface area contributed by atoms with Gasteiger partial charge >= 0.3 is 0 Å². The molecule has 0 aliphatic rings. The molecule has 0 unspecified atom stereocenters. The van der Waals surface area contributed by atoms with Gasteiger partial charge < -0.3 is 15.4 Å².